The summed E-state index contributed by atoms with van der Waals surface area (Å²) >= 11 is 12.7. The van der Waals surface area contributed by atoms with Crippen molar-refractivity contribution in [1.29, 1.82) is 0 Å². The van der Waals surface area contributed by atoms with Crippen molar-refractivity contribution < 1.29 is 23.8 Å². The molecule has 0 unspecified atom stereocenters. The SMILES string of the molecule is O=C1CNC(=O)N1c1ccc(F)c(O[C@H]2c3cc(Cl)cc(Cl)c3C[C@H]2N2CC[C@@H](O)C2)c1. The van der Waals surface area contributed by atoms with E-state index in [9.17, 15) is 19.1 Å². The molecule has 2 aromatic carbocycles. The van der Waals surface area contributed by atoms with Crippen LogP contribution in [-0.4, -0.2) is 53.7 Å². The number of hydrogen-bond acceptors (Lipinski definition) is 5. The van der Waals surface area contributed by atoms with Crippen LogP contribution in [0.4, 0.5) is 14.9 Å². The Labute approximate surface area is 193 Å². The maximum atomic E-state index is 14.8. The van der Waals surface area contributed by atoms with Crippen LogP contribution in [0, 0.1) is 5.82 Å². The number of rotatable bonds is 4. The van der Waals surface area contributed by atoms with Gasteiger partial charge in [0.1, 0.15) is 6.10 Å². The molecule has 0 saturated carbocycles. The van der Waals surface area contributed by atoms with E-state index in [0.717, 1.165) is 16.0 Å². The van der Waals surface area contributed by atoms with Crippen molar-refractivity contribution in [1.82, 2.24) is 10.2 Å². The van der Waals surface area contributed by atoms with Crippen LogP contribution in [0.5, 0.6) is 5.75 Å². The second-order valence-corrected chi connectivity index (χ2v) is 9.05. The van der Waals surface area contributed by atoms with Gasteiger partial charge in [0, 0.05) is 34.8 Å². The number of carbonyl (C=O) groups excluding carboxylic acids is 2. The summed E-state index contributed by atoms with van der Waals surface area (Å²) in [6, 6.07) is 6.55. The Morgan fingerprint density at radius 2 is 2.00 bits per heavy atom. The average Bonchev–Trinajstić information content (AvgIpc) is 3.42. The molecule has 2 fully saturated rings. The fourth-order valence-electron chi connectivity index (χ4n) is 4.69. The lowest BCUT2D eigenvalue weighted by Crippen LogP contribution is -2.39. The summed E-state index contributed by atoms with van der Waals surface area (Å²) in [7, 11) is 0. The van der Waals surface area contributed by atoms with Crippen LogP contribution in [0.15, 0.2) is 30.3 Å². The Bertz CT molecular complexity index is 1100. The minimum atomic E-state index is -0.623. The third-order valence-corrected chi connectivity index (χ3v) is 6.75. The highest BCUT2D eigenvalue weighted by Gasteiger charge is 2.42. The molecule has 2 saturated heterocycles. The molecule has 32 heavy (non-hydrogen) atoms. The number of carbonyl (C=O) groups is 2. The molecule has 0 radical (unpaired) electrons. The second kappa shape index (κ2) is 8.19. The van der Waals surface area contributed by atoms with Crippen LogP contribution in [0.2, 0.25) is 10.0 Å². The van der Waals surface area contributed by atoms with Gasteiger partial charge in [-0.15, -0.1) is 0 Å². The van der Waals surface area contributed by atoms with Gasteiger partial charge in [-0.3, -0.25) is 9.69 Å². The van der Waals surface area contributed by atoms with Gasteiger partial charge in [-0.05, 0) is 42.7 Å². The monoisotopic (exact) mass is 479 g/mol. The number of β-amino-alcohol motifs (C(OH)–C–C–N with tert-alkyl or cyclic N) is 1. The number of hydrogen-bond donors (Lipinski definition) is 2. The third kappa shape index (κ3) is 3.71. The minimum Gasteiger partial charge on any atom is -0.481 e. The Balaban J connectivity index is 1.52. The van der Waals surface area contributed by atoms with Crippen molar-refractivity contribution in [2.24, 2.45) is 0 Å². The first kappa shape index (κ1) is 21.5. The molecule has 3 amide bonds. The normalized spacial score (nSPS) is 25.4. The van der Waals surface area contributed by atoms with Crippen molar-refractivity contribution in [2.45, 2.75) is 31.1 Å². The Morgan fingerprint density at radius 1 is 1.19 bits per heavy atom. The van der Waals surface area contributed by atoms with Gasteiger partial charge in [0.25, 0.3) is 5.91 Å². The summed E-state index contributed by atoms with van der Waals surface area (Å²) in [5.41, 5.74) is 1.85. The highest BCUT2D eigenvalue weighted by atomic mass is 35.5. The van der Waals surface area contributed by atoms with E-state index in [2.05, 4.69) is 10.2 Å². The largest absolute Gasteiger partial charge is 0.481 e. The number of nitrogens with one attached hydrogen (secondary N) is 1. The number of amides is 3. The molecule has 168 valence electrons. The maximum absolute atomic E-state index is 14.8. The van der Waals surface area contributed by atoms with Crippen LogP contribution < -0.4 is 15.0 Å². The first-order valence-electron chi connectivity index (χ1n) is 10.3. The molecule has 0 aromatic heterocycles. The van der Waals surface area contributed by atoms with Crippen LogP contribution in [0.25, 0.3) is 0 Å². The first-order valence-corrected chi connectivity index (χ1v) is 11.0. The Hall–Kier alpha value is -2.39. The van der Waals surface area contributed by atoms with Crippen LogP contribution >= 0.6 is 23.2 Å². The number of aliphatic hydroxyl groups excluding tert-OH is 1. The average molecular weight is 480 g/mol. The predicted octanol–water partition coefficient (Wildman–Crippen LogP) is 3.30. The molecule has 3 atom stereocenters. The van der Waals surface area contributed by atoms with Gasteiger partial charge in [0.2, 0.25) is 0 Å². The number of likely N-dealkylation sites (tertiary alicyclic amines) is 1. The van der Waals surface area contributed by atoms with Gasteiger partial charge in [-0.25, -0.2) is 14.1 Å². The lowest BCUT2D eigenvalue weighted by molar-refractivity contribution is -0.115. The van der Waals surface area contributed by atoms with E-state index in [1.807, 2.05) is 0 Å². The van der Waals surface area contributed by atoms with Gasteiger partial charge >= 0.3 is 6.03 Å². The number of ether oxygens (including phenoxy) is 1. The van der Waals surface area contributed by atoms with E-state index in [4.69, 9.17) is 27.9 Å². The smallest absolute Gasteiger partial charge is 0.329 e. The van der Waals surface area contributed by atoms with Gasteiger partial charge in [0.15, 0.2) is 11.6 Å². The van der Waals surface area contributed by atoms with E-state index >= 15 is 0 Å². The Kier molecular flexibility index (Phi) is 5.49. The lowest BCUT2D eigenvalue weighted by atomic mass is 10.1. The van der Waals surface area contributed by atoms with Gasteiger partial charge < -0.3 is 15.2 Å². The summed E-state index contributed by atoms with van der Waals surface area (Å²) in [6.07, 6.45) is 0.179. The molecular formula is C22H20Cl2FN3O4. The van der Waals surface area contributed by atoms with Crippen molar-refractivity contribution in [3.63, 3.8) is 0 Å². The van der Waals surface area contributed by atoms with Crippen LogP contribution in [-0.2, 0) is 11.2 Å². The number of aliphatic hydroxyl groups is 1. The highest BCUT2D eigenvalue weighted by molar-refractivity contribution is 6.35. The van der Waals surface area contributed by atoms with Crippen LogP contribution in [0.1, 0.15) is 23.7 Å². The molecule has 2 aromatic rings. The van der Waals surface area contributed by atoms with E-state index < -0.39 is 30.0 Å². The van der Waals surface area contributed by atoms with E-state index in [0.29, 0.717) is 36.0 Å². The van der Waals surface area contributed by atoms with Gasteiger partial charge in [-0.1, -0.05) is 23.2 Å². The number of benzene rings is 2. The molecule has 7 nitrogen and oxygen atoms in total. The molecule has 0 spiro atoms. The van der Waals surface area contributed by atoms with Crippen molar-refractivity contribution >= 4 is 40.8 Å². The summed E-state index contributed by atoms with van der Waals surface area (Å²) in [4.78, 5) is 27.2. The molecule has 2 aliphatic heterocycles. The molecule has 2 heterocycles. The number of fused-ring (bicyclic) bond motifs is 1. The summed E-state index contributed by atoms with van der Waals surface area (Å²) in [6.45, 7) is 1.05. The first-order chi connectivity index (χ1) is 15.3. The zero-order chi connectivity index (χ0) is 22.6. The zero-order valence-electron chi connectivity index (χ0n) is 16.9. The Morgan fingerprint density at radius 3 is 2.69 bits per heavy atom. The van der Waals surface area contributed by atoms with Crippen molar-refractivity contribution in [3.8, 4) is 5.75 Å². The molecule has 0 bridgehead atoms. The van der Waals surface area contributed by atoms with E-state index in [-0.39, 0.29) is 24.0 Å². The zero-order valence-corrected chi connectivity index (χ0v) is 18.4. The number of imide groups is 1. The quantitative estimate of drug-likeness (QED) is 0.657. The molecule has 1 aliphatic carbocycles. The fourth-order valence-corrected chi connectivity index (χ4v) is 5.28. The maximum Gasteiger partial charge on any atom is 0.329 e. The summed E-state index contributed by atoms with van der Waals surface area (Å²) < 4.78 is 21.0. The van der Waals surface area contributed by atoms with E-state index in [1.54, 1.807) is 12.1 Å². The lowest BCUT2D eigenvalue weighted by Gasteiger charge is -2.30. The second-order valence-electron chi connectivity index (χ2n) is 8.21. The van der Waals surface area contributed by atoms with Crippen LogP contribution in [0.3, 0.4) is 0 Å². The molecule has 10 heteroatoms. The topological polar surface area (TPSA) is 82.1 Å². The number of urea groups is 1. The number of anilines is 1. The number of nitrogens with zero attached hydrogens (tertiary/aromatic N) is 2. The molecule has 3 aliphatic rings. The molecule has 2 N–H and O–H groups in total. The fraction of sp³-hybridized carbons (Fsp3) is 0.364. The number of halogens is 3. The van der Waals surface area contributed by atoms with Crippen molar-refractivity contribution in [3.05, 3.63) is 57.3 Å². The highest BCUT2D eigenvalue weighted by Crippen LogP contribution is 2.44. The molecular weight excluding hydrogens is 460 g/mol. The van der Waals surface area contributed by atoms with Gasteiger partial charge in [0.05, 0.1) is 24.4 Å². The summed E-state index contributed by atoms with van der Waals surface area (Å²) in [5.74, 6) is -1.14. The van der Waals surface area contributed by atoms with Crippen molar-refractivity contribution in [2.75, 3.05) is 24.5 Å². The molecule has 5 rings (SSSR count). The summed E-state index contributed by atoms with van der Waals surface area (Å²) in [5, 5.41) is 13.4. The third-order valence-electron chi connectivity index (χ3n) is 6.20. The van der Waals surface area contributed by atoms with Gasteiger partial charge in [-0.2, -0.15) is 0 Å². The predicted molar refractivity (Wildman–Crippen MR) is 117 cm³/mol. The van der Waals surface area contributed by atoms with E-state index in [1.165, 1.54) is 18.2 Å². The minimum absolute atomic E-state index is 0.0892. The standard InChI is InChI=1S/C22H20Cl2FN3O4/c23-11-5-15-14(16(24)6-11)8-18(27-4-3-13(29)10-27)21(15)32-19-7-12(1-2-17(19)25)28-20(30)9-26-22(28)31/h1-2,5-7,13,18,21,29H,3-4,8-10H2,(H,26,31)/t13-,18-,21+/m1/s1.